The van der Waals surface area contributed by atoms with Gasteiger partial charge in [0.15, 0.2) is 0 Å². The summed E-state index contributed by atoms with van der Waals surface area (Å²) in [6, 6.07) is 0. The van der Waals surface area contributed by atoms with Crippen molar-refractivity contribution < 1.29 is 73.2 Å². The summed E-state index contributed by atoms with van der Waals surface area (Å²) in [4.78, 5) is 57.9. The van der Waals surface area contributed by atoms with E-state index in [4.69, 9.17) is 49.2 Å². The van der Waals surface area contributed by atoms with Gasteiger partial charge in [-0.15, -0.1) is 0 Å². The van der Waals surface area contributed by atoms with E-state index in [2.05, 4.69) is 0 Å². The van der Waals surface area contributed by atoms with E-state index >= 15 is 0 Å². The van der Waals surface area contributed by atoms with E-state index in [0.29, 0.717) is 83.5 Å². The molecular formula is C42H98O15. The molecule has 15 heteroatoms. The van der Waals surface area contributed by atoms with Crippen molar-refractivity contribution in [3.8, 4) is 0 Å². The number of carbonyl (C=O) groups is 5. The SMILES string of the molecule is C.C.C.C.C.C.C.C.C.C.O=C(CCCCCO)OC(OC(=O)CCCCCO)OC(=O)CCCCCO.O=C(CCCCCO)OCOC(=O)CCCCCO. The molecule has 0 atom stereocenters. The Morgan fingerprint density at radius 3 is 0.684 bits per heavy atom. The third-order valence-electron chi connectivity index (χ3n) is 6.32. The van der Waals surface area contributed by atoms with Gasteiger partial charge in [-0.25, -0.2) is 0 Å². The normalized spacial score (nSPS) is 8.67. The second-order valence-corrected chi connectivity index (χ2v) is 10.6. The third kappa shape index (κ3) is 68.2. The number of unbranched alkanes of at least 4 members (excludes halogenated alkanes) is 10. The fourth-order valence-electron chi connectivity index (χ4n) is 3.67. The zero-order valence-electron chi connectivity index (χ0n) is 27.8. The molecule has 15 nitrogen and oxygen atoms in total. The summed E-state index contributed by atoms with van der Waals surface area (Å²) in [6.07, 6.45) is 10.1. The highest BCUT2D eigenvalue weighted by atomic mass is 16.9. The van der Waals surface area contributed by atoms with Crippen LogP contribution in [0.15, 0.2) is 0 Å². The molecule has 0 aromatic heterocycles. The molecule has 57 heavy (non-hydrogen) atoms. The Kier molecular flexibility index (Phi) is 103. The minimum absolute atomic E-state index is 0. The van der Waals surface area contributed by atoms with E-state index in [9.17, 15) is 24.0 Å². The Morgan fingerprint density at radius 1 is 0.298 bits per heavy atom. The number of ether oxygens (including phenoxy) is 5. The van der Waals surface area contributed by atoms with E-state index < -0.39 is 36.3 Å². The van der Waals surface area contributed by atoms with Gasteiger partial charge in [0.1, 0.15) is 0 Å². The first-order valence-electron chi connectivity index (χ1n) is 16.7. The molecule has 0 bridgehead atoms. The van der Waals surface area contributed by atoms with Crippen molar-refractivity contribution in [3.05, 3.63) is 0 Å². The second-order valence-electron chi connectivity index (χ2n) is 10.6. The van der Waals surface area contributed by atoms with E-state index in [1.54, 1.807) is 0 Å². The maximum absolute atomic E-state index is 11.9. The Hall–Kier alpha value is -2.85. The molecule has 0 aliphatic carbocycles. The van der Waals surface area contributed by atoms with Crippen LogP contribution < -0.4 is 0 Å². The fourth-order valence-corrected chi connectivity index (χ4v) is 3.67. The standard InChI is InChI=1S/C19H34O9.C13H24O6.10CH4/c20-13-7-1-4-10-16(23)26-19(27-17(24)11-5-2-8-14-21)28-18(25)12-6-3-9-15-22;14-9-5-1-3-7-12(16)18-11-19-13(17)8-4-2-6-10-15;;;;;;;;;;/h19-22H,1-15H2;14-15H,1-11H2;10*1H4. The van der Waals surface area contributed by atoms with Crippen molar-refractivity contribution in [2.24, 2.45) is 0 Å². The zero-order chi connectivity index (χ0) is 35.4. The highest BCUT2D eigenvalue weighted by Crippen LogP contribution is 2.11. The first-order valence-corrected chi connectivity index (χ1v) is 16.7. The molecule has 0 heterocycles. The summed E-state index contributed by atoms with van der Waals surface area (Å²) < 4.78 is 24.4. The van der Waals surface area contributed by atoms with Crippen LogP contribution in [-0.2, 0) is 47.7 Å². The minimum atomic E-state index is -1.72. The quantitative estimate of drug-likeness (QED) is 0.0258. The smallest absolute Gasteiger partial charge is 0.412 e. The van der Waals surface area contributed by atoms with Gasteiger partial charge >= 0.3 is 36.3 Å². The number of hydrogen-bond acceptors (Lipinski definition) is 15. The van der Waals surface area contributed by atoms with Crippen LogP contribution in [0.2, 0.25) is 0 Å². The number of rotatable bonds is 30. The van der Waals surface area contributed by atoms with Crippen LogP contribution in [0.1, 0.15) is 203 Å². The summed E-state index contributed by atoms with van der Waals surface area (Å²) >= 11 is 0. The average Bonchev–Trinajstić information content (AvgIpc) is 3.04. The van der Waals surface area contributed by atoms with Crippen LogP contribution >= 0.6 is 0 Å². The molecule has 0 rings (SSSR count). The lowest BCUT2D eigenvalue weighted by atomic mass is 10.2. The predicted molar refractivity (Wildman–Crippen MR) is 234 cm³/mol. The number of carbonyl (C=O) groups excluding carboxylic acids is 5. The van der Waals surface area contributed by atoms with Crippen molar-refractivity contribution in [1.29, 1.82) is 0 Å². The van der Waals surface area contributed by atoms with Gasteiger partial charge < -0.3 is 49.2 Å². The topological polar surface area (TPSA) is 233 Å². The van der Waals surface area contributed by atoms with Crippen LogP contribution in [0.5, 0.6) is 0 Å². The maximum Gasteiger partial charge on any atom is 0.412 e. The van der Waals surface area contributed by atoms with Crippen molar-refractivity contribution in [3.63, 3.8) is 0 Å². The van der Waals surface area contributed by atoms with Crippen LogP contribution in [0.4, 0.5) is 0 Å². The predicted octanol–water partition coefficient (Wildman–Crippen LogP) is 9.05. The maximum atomic E-state index is 11.9. The molecule has 0 aromatic rings. The summed E-state index contributed by atoms with van der Waals surface area (Å²) in [5.41, 5.74) is 0. The molecule has 0 unspecified atom stereocenters. The Balaban J connectivity index is -0.0000000632. The zero-order valence-corrected chi connectivity index (χ0v) is 27.8. The summed E-state index contributed by atoms with van der Waals surface area (Å²) in [7, 11) is 0. The van der Waals surface area contributed by atoms with E-state index in [1.807, 2.05) is 0 Å². The second kappa shape index (κ2) is 67.9. The summed E-state index contributed by atoms with van der Waals surface area (Å²) in [5.74, 6) is -2.78. The Morgan fingerprint density at radius 2 is 0.491 bits per heavy atom. The summed E-state index contributed by atoms with van der Waals surface area (Å²) in [6.45, 7) is -1.68. The number of aliphatic hydroxyl groups is 5. The number of hydrogen-bond donors (Lipinski definition) is 5. The molecule has 0 amide bonds. The molecule has 0 spiro atoms. The monoisotopic (exact) mass is 843 g/mol. The lowest BCUT2D eigenvalue weighted by Gasteiger charge is -2.18. The average molecular weight is 843 g/mol. The molecule has 0 aliphatic rings. The van der Waals surface area contributed by atoms with Gasteiger partial charge in [-0.05, 0) is 64.2 Å². The summed E-state index contributed by atoms with van der Waals surface area (Å²) in [5, 5.41) is 43.3. The molecule has 0 fully saturated rings. The highest BCUT2D eigenvalue weighted by Gasteiger charge is 2.23. The fraction of sp³-hybridized carbons (Fsp3) is 0.881. The third-order valence-corrected chi connectivity index (χ3v) is 6.32. The van der Waals surface area contributed by atoms with Gasteiger partial charge in [-0.3, -0.25) is 24.0 Å². The van der Waals surface area contributed by atoms with Crippen LogP contribution in [-0.4, -0.2) is 102 Å². The van der Waals surface area contributed by atoms with Gasteiger partial charge in [0.05, 0.1) is 0 Å². The molecule has 356 valence electrons. The van der Waals surface area contributed by atoms with Crippen LogP contribution in [0.3, 0.4) is 0 Å². The van der Waals surface area contributed by atoms with Gasteiger partial charge in [-0.1, -0.05) is 106 Å². The number of esters is 5. The Bertz CT molecular complexity index is 710. The molecule has 5 N–H and O–H groups in total. The largest absolute Gasteiger partial charge is 0.428 e. The van der Waals surface area contributed by atoms with E-state index in [1.165, 1.54) is 0 Å². The van der Waals surface area contributed by atoms with Crippen LogP contribution in [0.25, 0.3) is 0 Å². The van der Waals surface area contributed by atoms with Crippen molar-refractivity contribution >= 4 is 29.8 Å². The highest BCUT2D eigenvalue weighted by molar-refractivity contribution is 5.73. The first-order chi connectivity index (χ1) is 22.7. The minimum Gasteiger partial charge on any atom is -0.428 e. The first kappa shape index (κ1) is 86.1. The van der Waals surface area contributed by atoms with E-state index in [-0.39, 0.29) is 146 Å². The molecule has 0 radical (unpaired) electrons. The Labute approximate surface area is 351 Å². The van der Waals surface area contributed by atoms with Gasteiger partial charge in [0.25, 0.3) is 0 Å². The molecule has 0 saturated heterocycles. The van der Waals surface area contributed by atoms with E-state index in [0.717, 1.165) is 12.8 Å². The van der Waals surface area contributed by atoms with Crippen LogP contribution in [0, 0.1) is 0 Å². The molecule has 0 saturated carbocycles. The van der Waals surface area contributed by atoms with Crippen molar-refractivity contribution in [1.82, 2.24) is 0 Å². The van der Waals surface area contributed by atoms with Crippen molar-refractivity contribution in [2.45, 2.75) is 209 Å². The van der Waals surface area contributed by atoms with Gasteiger partial charge in [-0.2, -0.15) is 0 Å². The van der Waals surface area contributed by atoms with Gasteiger partial charge in [0.2, 0.25) is 6.79 Å². The number of aliphatic hydroxyl groups excluding tert-OH is 5. The molecule has 0 aliphatic heterocycles. The lowest BCUT2D eigenvalue weighted by molar-refractivity contribution is -0.258. The molecule has 0 aromatic carbocycles. The van der Waals surface area contributed by atoms with Gasteiger partial charge in [0, 0.05) is 65.1 Å². The molecular weight excluding hydrogens is 744 g/mol. The van der Waals surface area contributed by atoms with Crippen molar-refractivity contribution in [2.75, 3.05) is 39.8 Å². The lowest BCUT2D eigenvalue weighted by Crippen LogP contribution is -2.29.